The molecule has 0 aliphatic carbocycles. The number of thiophene rings is 1. The summed E-state index contributed by atoms with van der Waals surface area (Å²) in [6, 6.07) is 15.1. The van der Waals surface area contributed by atoms with E-state index in [4.69, 9.17) is 9.72 Å². The minimum absolute atomic E-state index is 0.388. The van der Waals surface area contributed by atoms with Crippen LogP contribution in [0.4, 0.5) is 11.6 Å². The van der Waals surface area contributed by atoms with Gasteiger partial charge in [0.2, 0.25) is 16.2 Å². The van der Waals surface area contributed by atoms with E-state index in [-0.39, 0.29) is 0 Å². The van der Waals surface area contributed by atoms with Gasteiger partial charge in [0.1, 0.15) is 6.26 Å². The third-order valence-corrected chi connectivity index (χ3v) is 7.57. The number of nitrogens with zero attached hydrogens (tertiary/aromatic N) is 4. The zero-order valence-corrected chi connectivity index (χ0v) is 19.2. The lowest BCUT2D eigenvalue weighted by Crippen LogP contribution is -2.35. The number of aromatic nitrogens is 3. The highest BCUT2D eigenvalue weighted by atomic mass is 32.3. The number of hydrogen-bond acceptors (Lipinski definition) is 7. The monoisotopic (exact) mass is 470 g/mol. The van der Waals surface area contributed by atoms with E-state index in [2.05, 4.69) is 33.5 Å². The van der Waals surface area contributed by atoms with Crippen LogP contribution in [0.5, 0.6) is 0 Å². The summed E-state index contributed by atoms with van der Waals surface area (Å²) in [4.78, 5) is 9.97. The number of benzene rings is 1. The second kappa shape index (κ2) is 8.72. The zero-order valence-electron chi connectivity index (χ0n) is 17.6. The van der Waals surface area contributed by atoms with Crippen LogP contribution < -0.4 is 5.32 Å². The summed E-state index contributed by atoms with van der Waals surface area (Å²) in [5.41, 5.74) is 2.56. The van der Waals surface area contributed by atoms with Crippen molar-refractivity contribution in [1.29, 1.82) is 0 Å². The number of rotatable bonds is 6. The Kier molecular flexibility index (Phi) is 5.78. The molecule has 1 unspecified atom stereocenters. The fourth-order valence-corrected chi connectivity index (χ4v) is 5.37. The van der Waals surface area contributed by atoms with Crippen LogP contribution >= 0.6 is 11.3 Å². The van der Waals surface area contributed by atoms with Crippen molar-refractivity contribution < 1.29 is 13.5 Å². The molecule has 0 spiro atoms. The number of fused-ring (bicyclic) bond motifs is 1. The molecule has 4 aromatic rings. The van der Waals surface area contributed by atoms with Crippen molar-refractivity contribution >= 4 is 38.8 Å². The normalized spacial score (nSPS) is 16.8. The van der Waals surface area contributed by atoms with E-state index in [1.807, 2.05) is 12.3 Å². The molecule has 166 valence electrons. The van der Waals surface area contributed by atoms with Gasteiger partial charge in [-0.3, -0.25) is 4.90 Å². The van der Waals surface area contributed by atoms with Gasteiger partial charge in [-0.05, 0) is 48.5 Å². The maximum absolute atomic E-state index is 11.8. The number of morpholine rings is 1. The van der Waals surface area contributed by atoms with Gasteiger partial charge in [-0.15, -0.1) is 16.4 Å². The van der Waals surface area contributed by atoms with Crippen LogP contribution in [-0.4, -0.2) is 56.6 Å². The van der Waals surface area contributed by atoms with Crippen molar-refractivity contribution in [2.45, 2.75) is 11.4 Å². The minimum Gasteiger partial charge on any atom is -0.379 e. The standard InChI is InChI=1S/C22H23N5O3S2/c1-32(28,29)18-7-4-16(5-8-18)23-22-24-21-19(3-2-10-27(21)25-22)20-9-6-17(31-20)15-26-11-13-30-14-12-26/h2-10H,11-15H2,1H3,(H-,23,25,28,29)/p+1. The summed E-state index contributed by atoms with van der Waals surface area (Å²) in [5, 5.41) is 7.71. The van der Waals surface area contributed by atoms with Crippen molar-refractivity contribution in [2.24, 2.45) is 0 Å². The SMILES string of the molecule is C[S+](=O)(O)c1ccc(Nc2nc3c(-c4ccc(CN5CCOCC5)s4)cccn3n2)cc1. The fraction of sp³-hybridized carbons (Fsp3) is 0.273. The molecule has 0 bridgehead atoms. The van der Waals surface area contributed by atoms with Gasteiger partial charge in [-0.1, -0.05) is 4.21 Å². The maximum atomic E-state index is 11.8. The molecule has 0 amide bonds. The molecule has 1 saturated heterocycles. The summed E-state index contributed by atoms with van der Waals surface area (Å²) in [6.07, 6.45) is 3.18. The fourth-order valence-electron chi connectivity index (χ4n) is 3.66. The van der Waals surface area contributed by atoms with Crippen LogP contribution in [0, 0.1) is 0 Å². The maximum Gasteiger partial charge on any atom is 0.247 e. The molecule has 2 N–H and O–H groups in total. The molecule has 0 radical (unpaired) electrons. The van der Waals surface area contributed by atoms with E-state index in [0.717, 1.165) is 54.6 Å². The second-order valence-electron chi connectivity index (χ2n) is 7.73. The Hall–Kier alpha value is -2.63. The molecule has 4 heterocycles. The summed E-state index contributed by atoms with van der Waals surface area (Å²) in [5.74, 6) is 0.469. The average Bonchev–Trinajstić information content (AvgIpc) is 3.40. The molecule has 3 aromatic heterocycles. The van der Waals surface area contributed by atoms with Crippen LogP contribution in [0.25, 0.3) is 16.1 Å². The second-order valence-corrected chi connectivity index (χ2v) is 11.0. The summed E-state index contributed by atoms with van der Waals surface area (Å²) in [7, 11) is -2.98. The van der Waals surface area contributed by atoms with Crippen LogP contribution in [0.3, 0.4) is 0 Å². The van der Waals surface area contributed by atoms with Crippen molar-refractivity contribution in [2.75, 3.05) is 37.9 Å². The van der Waals surface area contributed by atoms with E-state index < -0.39 is 10.2 Å². The van der Waals surface area contributed by atoms with Crippen molar-refractivity contribution in [3.8, 4) is 10.4 Å². The van der Waals surface area contributed by atoms with Crippen LogP contribution in [-0.2, 0) is 25.7 Å². The molecule has 1 aliphatic rings. The lowest BCUT2D eigenvalue weighted by Gasteiger charge is -2.25. The molecule has 32 heavy (non-hydrogen) atoms. The highest BCUT2D eigenvalue weighted by Gasteiger charge is 2.20. The van der Waals surface area contributed by atoms with Crippen LogP contribution in [0.2, 0.25) is 0 Å². The molecule has 1 atom stereocenters. The topological polar surface area (TPSA) is 92.0 Å². The predicted molar refractivity (Wildman–Crippen MR) is 127 cm³/mol. The third-order valence-electron chi connectivity index (χ3n) is 5.32. The first kappa shape index (κ1) is 21.2. The molecule has 0 saturated carbocycles. The van der Waals surface area contributed by atoms with Gasteiger partial charge in [-0.25, -0.2) is 4.52 Å². The van der Waals surface area contributed by atoms with E-state index >= 15 is 0 Å². The van der Waals surface area contributed by atoms with Gasteiger partial charge in [0, 0.05) is 46.8 Å². The zero-order chi connectivity index (χ0) is 22.1. The molecule has 8 nitrogen and oxygen atoms in total. The Balaban J connectivity index is 1.37. The van der Waals surface area contributed by atoms with Gasteiger partial charge in [-0.2, -0.15) is 9.54 Å². The lowest BCUT2D eigenvalue weighted by atomic mass is 10.2. The number of nitrogens with one attached hydrogen (secondary N) is 1. The van der Waals surface area contributed by atoms with Crippen molar-refractivity contribution in [3.05, 3.63) is 59.6 Å². The van der Waals surface area contributed by atoms with Crippen LogP contribution in [0.15, 0.2) is 59.6 Å². The van der Waals surface area contributed by atoms with Crippen LogP contribution in [0.1, 0.15) is 4.88 Å². The highest BCUT2D eigenvalue weighted by molar-refractivity contribution is 7.97. The van der Waals surface area contributed by atoms with Gasteiger partial charge in [0.15, 0.2) is 10.5 Å². The molecule has 5 rings (SSSR count). The highest BCUT2D eigenvalue weighted by Crippen LogP contribution is 2.32. The lowest BCUT2D eigenvalue weighted by molar-refractivity contribution is 0.0346. The summed E-state index contributed by atoms with van der Waals surface area (Å²) in [6.45, 7) is 4.47. The first-order valence-corrected chi connectivity index (χ1v) is 13.0. The quantitative estimate of drug-likeness (QED) is 0.412. The smallest absolute Gasteiger partial charge is 0.247 e. The van der Waals surface area contributed by atoms with E-state index in [0.29, 0.717) is 10.8 Å². The predicted octanol–water partition coefficient (Wildman–Crippen LogP) is 3.99. The molecule has 10 heteroatoms. The first-order valence-electron chi connectivity index (χ1n) is 10.3. The molecule has 1 fully saturated rings. The average molecular weight is 471 g/mol. The summed E-state index contributed by atoms with van der Waals surface area (Å²) < 4.78 is 28.6. The number of hydrogen-bond donors (Lipinski definition) is 2. The van der Waals surface area contributed by atoms with Gasteiger partial charge >= 0.3 is 0 Å². The van der Waals surface area contributed by atoms with Gasteiger partial charge in [0.25, 0.3) is 0 Å². The van der Waals surface area contributed by atoms with E-state index in [1.165, 1.54) is 11.1 Å². The molecular formula is C22H24N5O3S2+. The Morgan fingerprint density at radius 3 is 2.69 bits per heavy atom. The number of ether oxygens (including phenoxy) is 1. The Morgan fingerprint density at radius 2 is 1.94 bits per heavy atom. The molecule has 1 aliphatic heterocycles. The summed E-state index contributed by atoms with van der Waals surface area (Å²) >= 11 is 1.78. The minimum atomic E-state index is -2.98. The first-order chi connectivity index (χ1) is 15.5. The largest absolute Gasteiger partial charge is 0.379 e. The molecule has 1 aromatic carbocycles. The van der Waals surface area contributed by atoms with E-state index in [9.17, 15) is 8.76 Å². The Morgan fingerprint density at radius 1 is 1.16 bits per heavy atom. The van der Waals surface area contributed by atoms with Crippen molar-refractivity contribution in [1.82, 2.24) is 19.5 Å². The Labute approximate surface area is 191 Å². The Bertz CT molecular complexity index is 1270. The van der Waals surface area contributed by atoms with Gasteiger partial charge in [0.05, 0.1) is 13.2 Å². The van der Waals surface area contributed by atoms with Crippen molar-refractivity contribution in [3.63, 3.8) is 0 Å². The number of pyridine rings is 1. The number of anilines is 2. The van der Waals surface area contributed by atoms with E-state index in [1.54, 1.807) is 40.1 Å². The van der Waals surface area contributed by atoms with Gasteiger partial charge < -0.3 is 10.1 Å². The third kappa shape index (κ3) is 4.59. The molecular weight excluding hydrogens is 446 g/mol.